The van der Waals surface area contributed by atoms with E-state index in [1.165, 1.54) is 52.4 Å². The van der Waals surface area contributed by atoms with Crippen LogP contribution in [-0.4, -0.2) is 87.7 Å². The minimum absolute atomic E-state index is 0. The number of amides is 1. The number of nitrogens with one attached hydrogen (secondary N) is 1. The summed E-state index contributed by atoms with van der Waals surface area (Å²) in [7, 11) is 3.90. The Labute approximate surface area is 590 Å². The van der Waals surface area contributed by atoms with Crippen LogP contribution < -0.4 is 93.6 Å². The SMILES string of the molecule is COc1ccc2cc(CCC(C)=O)ccc2c1.COc1ccc2cc(CCC(C)=O)ccc2c1.COc1ccc2cc([C@H](C)C(=O)[O-])ccc2c1.COc1ccc2cc([C@H](C)C(=O)[O-])ccc2c1.Cc1cnc(NC(=O)C2=C(O)c3ccccc3S(=O)(=O)N2C)s1.[Na+].[Na+]. The number of hydrogen-bond donors (Lipinski definition) is 2. The van der Waals surface area contributed by atoms with Crippen LogP contribution in [0.2, 0.25) is 0 Å². The first-order valence-corrected chi connectivity index (χ1v) is 31.1. The first-order chi connectivity index (χ1) is 43.4. The monoisotopic (exact) mass is 1310 g/mol. The number of ketones is 2. The number of aliphatic carboxylic acids is 2. The number of likely N-dealkylation sites (N-methyl/N-ethyl adjacent to an activating group) is 1. The van der Waals surface area contributed by atoms with Crippen LogP contribution in [0.1, 0.15) is 85.1 Å². The molecule has 1 aliphatic rings. The molecule has 0 unspecified atom stereocenters. The van der Waals surface area contributed by atoms with Crippen molar-refractivity contribution in [2.24, 2.45) is 0 Å². The molecule has 0 radical (unpaired) electrons. The summed E-state index contributed by atoms with van der Waals surface area (Å²) in [6.45, 7) is 8.34. The van der Waals surface area contributed by atoms with E-state index in [9.17, 15) is 47.7 Å². The zero-order valence-electron chi connectivity index (χ0n) is 54.2. The fraction of sp³-hybridized carbons (Fsp3) is 0.222. The predicted octanol–water partition coefficient (Wildman–Crippen LogP) is 6.10. The van der Waals surface area contributed by atoms with Gasteiger partial charge in [-0.25, -0.2) is 13.4 Å². The van der Waals surface area contributed by atoms with Gasteiger partial charge < -0.3 is 53.4 Å². The number of aromatic nitrogens is 1. The number of benzene rings is 9. The minimum Gasteiger partial charge on any atom is -0.550 e. The Balaban J connectivity index is 0.000000211. The van der Waals surface area contributed by atoms with Crippen molar-refractivity contribution in [2.45, 2.75) is 77.0 Å². The summed E-state index contributed by atoms with van der Waals surface area (Å²) in [4.78, 5) is 60.8. The molecule has 21 heteroatoms. The van der Waals surface area contributed by atoms with Gasteiger partial charge in [0.25, 0.3) is 15.9 Å². The molecule has 0 saturated heterocycles. The number of carbonyl (C=O) groups is 5. The number of carboxylic acids is 2. The number of aryl methyl sites for hydroxylation is 3. The number of hydrogen-bond acceptors (Lipinski definition) is 16. The smallest absolute Gasteiger partial charge is 0.550 e. The van der Waals surface area contributed by atoms with Crippen molar-refractivity contribution in [3.05, 3.63) is 214 Å². The molecular weight excluding hydrogens is 1240 g/mol. The first-order valence-electron chi connectivity index (χ1n) is 28.9. The van der Waals surface area contributed by atoms with E-state index >= 15 is 0 Å². The molecule has 472 valence electrons. The topological polar surface area (TPSA) is 251 Å². The number of ether oxygens (including phenoxy) is 4. The van der Waals surface area contributed by atoms with E-state index in [-0.39, 0.29) is 92.6 Å². The quantitative estimate of drug-likeness (QED) is 0.104. The number of anilines is 1. The number of aliphatic hydroxyl groups is 1. The Morgan fingerprint density at radius 3 is 1.26 bits per heavy atom. The molecule has 2 heterocycles. The van der Waals surface area contributed by atoms with Gasteiger partial charge >= 0.3 is 59.1 Å². The summed E-state index contributed by atoms with van der Waals surface area (Å²) in [5, 5.41) is 43.6. The number of carbonyl (C=O) groups excluding carboxylic acids is 5. The number of nitrogens with zero attached hydrogens (tertiary/aromatic N) is 2. The molecule has 2 atom stereocenters. The molecule has 11 rings (SSSR count). The predicted molar refractivity (Wildman–Crippen MR) is 353 cm³/mol. The van der Waals surface area contributed by atoms with E-state index in [1.54, 1.807) is 74.5 Å². The zero-order chi connectivity index (χ0) is 66.1. The van der Waals surface area contributed by atoms with Crippen LogP contribution in [0.25, 0.3) is 48.8 Å². The van der Waals surface area contributed by atoms with Crippen LogP contribution in [0.15, 0.2) is 187 Å². The zero-order valence-corrected chi connectivity index (χ0v) is 59.8. The summed E-state index contributed by atoms with van der Waals surface area (Å²) in [6, 6.07) is 53.1. The summed E-state index contributed by atoms with van der Waals surface area (Å²) >= 11 is 1.25. The minimum atomic E-state index is -3.90. The van der Waals surface area contributed by atoms with Crippen molar-refractivity contribution >= 4 is 105 Å². The second-order valence-electron chi connectivity index (χ2n) is 21.4. The Morgan fingerprint density at radius 1 is 0.548 bits per heavy atom. The Bertz CT molecular complexity index is 4250. The molecule has 1 amide bonds. The Hall–Kier alpha value is -8.11. The molecule has 1 aromatic heterocycles. The maximum Gasteiger partial charge on any atom is 1.00 e. The molecule has 0 bridgehead atoms. The third-order valence-corrected chi connectivity index (χ3v) is 17.6. The molecule has 10 aromatic rings. The van der Waals surface area contributed by atoms with Gasteiger partial charge in [-0.05, 0) is 160 Å². The molecule has 93 heavy (non-hydrogen) atoms. The van der Waals surface area contributed by atoms with Crippen LogP contribution in [0.4, 0.5) is 5.13 Å². The molecule has 0 saturated carbocycles. The number of carboxylic acid groups (broad SMARTS) is 2. The molecule has 0 aliphatic carbocycles. The van der Waals surface area contributed by atoms with Crippen LogP contribution in [0.3, 0.4) is 0 Å². The van der Waals surface area contributed by atoms with Crippen molar-refractivity contribution < 1.29 is 126 Å². The average molecular weight is 1310 g/mol. The van der Waals surface area contributed by atoms with E-state index < -0.39 is 39.7 Å². The molecule has 0 spiro atoms. The summed E-state index contributed by atoms with van der Waals surface area (Å²) in [6.07, 6.45) is 4.45. The van der Waals surface area contributed by atoms with Crippen molar-refractivity contribution in [3.8, 4) is 23.0 Å². The van der Waals surface area contributed by atoms with Gasteiger partial charge in [0, 0.05) is 60.3 Å². The van der Waals surface area contributed by atoms with Gasteiger partial charge in [0.1, 0.15) is 34.6 Å². The average Bonchev–Trinajstić information content (AvgIpc) is 0.826. The summed E-state index contributed by atoms with van der Waals surface area (Å²) in [5.41, 5.74) is 3.68. The number of fused-ring (bicyclic) bond motifs is 5. The van der Waals surface area contributed by atoms with Gasteiger partial charge in [-0.15, -0.1) is 11.3 Å². The van der Waals surface area contributed by atoms with Gasteiger partial charge in [0.05, 0.1) is 33.3 Å². The Morgan fingerprint density at radius 2 is 0.903 bits per heavy atom. The van der Waals surface area contributed by atoms with E-state index in [0.717, 1.165) is 88.5 Å². The van der Waals surface area contributed by atoms with Crippen molar-refractivity contribution in [1.82, 2.24) is 9.29 Å². The fourth-order valence-corrected chi connectivity index (χ4v) is 11.6. The van der Waals surface area contributed by atoms with Crippen molar-refractivity contribution in [1.29, 1.82) is 0 Å². The third kappa shape index (κ3) is 20.4. The van der Waals surface area contributed by atoms with Crippen LogP contribution >= 0.6 is 11.3 Å². The maximum absolute atomic E-state index is 12.5. The third-order valence-electron chi connectivity index (χ3n) is 15.0. The summed E-state index contributed by atoms with van der Waals surface area (Å²) in [5.74, 6) is -0.640. The second kappa shape index (κ2) is 35.2. The van der Waals surface area contributed by atoms with Crippen LogP contribution in [-0.2, 0) is 46.8 Å². The van der Waals surface area contributed by atoms with Crippen molar-refractivity contribution in [3.63, 3.8) is 0 Å². The maximum atomic E-state index is 12.5. The molecule has 0 fully saturated rings. The number of aliphatic hydroxyl groups excluding tert-OH is 1. The van der Waals surface area contributed by atoms with Gasteiger partial charge in [-0.3, -0.25) is 14.4 Å². The van der Waals surface area contributed by atoms with Gasteiger partial charge in [-0.2, -0.15) is 0 Å². The normalized spacial score (nSPS) is 12.3. The fourth-order valence-electron chi connectivity index (χ4n) is 9.55. The van der Waals surface area contributed by atoms with E-state index in [2.05, 4.69) is 46.7 Å². The van der Waals surface area contributed by atoms with E-state index in [4.69, 9.17) is 18.9 Å². The first kappa shape index (κ1) is 75.6. The molecule has 9 aromatic carbocycles. The van der Waals surface area contributed by atoms with Gasteiger partial charge in [-0.1, -0.05) is 123 Å². The standard InChI is InChI=1S/2C15H16O2.C14H13N3O4S2.2C14H14O3.2Na/c2*1-11(16)3-4-12-5-6-14-10-15(17-2)8-7-13(14)9-12;1-8-7-15-14(22-8)16-13(19)11-12(18)9-5-3-4-6-10(9)23(20,21)17(11)2;2*1-9(14(15)16)10-3-4-12-8-13(17-2)6-5-11(12)7-10;;/h2*5-10H,3-4H2,1-2H3;3-7,18H,1-2H3,(H,15,16,19);2*3-9H,1-2H3,(H,15,16);;/q;;;;;2*+1/p-2/t;;;2*9-;;/m...00../s1. The van der Waals surface area contributed by atoms with E-state index in [0.29, 0.717) is 18.0 Å². The van der Waals surface area contributed by atoms with Crippen LogP contribution in [0.5, 0.6) is 23.0 Å². The Kier molecular flexibility index (Phi) is 28.7. The van der Waals surface area contributed by atoms with E-state index in [1.807, 2.05) is 116 Å². The van der Waals surface area contributed by atoms with Gasteiger partial charge in [0.15, 0.2) is 16.6 Å². The summed E-state index contributed by atoms with van der Waals surface area (Å²) < 4.78 is 46.4. The number of sulfonamides is 1. The number of thiazole rings is 1. The molecule has 1 aliphatic heterocycles. The van der Waals surface area contributed by atoms with Crippen molar-refractivity contribution in [2.75, 3.05) is 40.8 Å². The second-order valence-corrected chi connectivity index (χ2v) is 24.6. The molecule has 2 N–H and O–H groups in total. The number of rotatable bonds is 16. The van der Waals surface area contributed by atoms with Gasteiger partial charge in [0.2, 0.25) is 0 Å². The number of Topliss-reactive ketones (excluding diaryl/α,β-unsaturated/α-hetero) is 2. The molecular formula is C72H71N3Na2O14S2. The molecule has 17 nitrogen and oxygen atoms in total. The van der Waals surface area contributed by atoms with Crippen LogP contribution in [0, 0.1) is 6.92 Å². The number of methoxy groups -OCH3 is 4. The largest absolute Gasteiger partial charge is 1.00 e.